The first-order valence-corrected chi connectivity index (χ1v) is 5.29. The van der Waals surface area contributed by atoms with Gasteiger partial charge in [0.1, 0.15) is 0 Å². The van der Waals surface area contributed by atoms with Crippen molar-refractivity contribution in [2.75, 3.05) is 0 Å². The largest absolute Gasteiger partial charge is 0.292 e. The highest BCUT2D eigenvalue weighted by molar-refractivity contribution is 6.09. The van der Waals surface area contributed by atoms with E-state index in [1.165, 1.54) is 6.08 Å². The van der Waals surface area contributed by atoms with Crippen molar-refractivity contribution in [3.8, 4) is 0 Å². The Hall–Kier alpha value is -1.90. The quantitative estimate of drug-likeness (QED) is 0.761. The van der Waals surface area contributed by atoms with Gasteiger partial charge in [0.2, 0.25) is 11.8 Å². The van der Waals surface area contributed by atoms with E-state index in [1.54, 1.807) is 6.08 Å². The lowest BCUT2D eigenvalue weighted by Gasteiger charge is -2.30. The molecule has 0 fully saturated rings. The van der Waals surface area contributed by atoms with Crippen LogP contribution in [0.25, 0.3) is 0 Å². The van der Waals surface area contributed by atoms with Gasteiger partial charge in [0.15, 0.2) is 0 Å². The zero-order valence-corrected chi connectivity index (χ0v) is 9.07. The molecule has 0 bridgehead atoms. The van der Waals surface area contributed by atoms with Crippen LogP contribution in [0.3, 0.4) is 0 Å². The highest BCUT2D eigenvalue weighted by Gasteiger charge is 2.39. The van der Waals surface area contributed by atoms with Crippen molar-refractivity contribution in [3.05, 3.63) is 48.0 Å². The molecule has 1 unspecified atom stereocenters. The Morgan fingerprint density at radius 2 is 1.88 bits per heavy atom. The van der Waals surface area contributed by atoms with E-state index < -0.39 is 5.41 Å². The lowest BCUT2D eigenvalue weighted by Crippen LogP contribution is -2.48. The number of nitrogens with one attached hydrogen (secondary N) is 1. The van der Waals surface area contributed by atoms with E-state index in [9.17, 15) is 9.59 Å². The van der Waals surface area contributed by atoms with Crippen LogP contribution in [0.15, 0.2) is 42.5 Å². The van der Waals surface area contributed by atoms with Crippen molar-refractivity contribution in [3.63, 3.8) is 0 Å². The topological polar surface area (TPSA) is 46.2 Å². The number of amides is 2. The van der Waals surface area contributed by atoms with Gasteiger partial charge >= 0.3 is 0 Å². The molecule has 0 saturated carbocycles. The summed E-state index contributed by atoms with van der Waals surface area (Å²) < 4.78 is 0. The summed E-state index contributed by atoms with van der Waals surface area (Å²) >= 11 is 0. The average Bonchev–Trinajstić information content (AvgIpc) is 2.31. The molecule has 3 nitrogen and oxygen atoms in total. The molecule has 1 N–H and O–H groups in total. The van der Waals surface area contributed by atoms with Crippen molar-refractivity contribution in [2.24, 2.45) is 0 Å². The molecule has 2 amide bonds. The van der Waals surface area contributed by atoms with E-state index in [2.05, 4.69) is 5.32 Å². The first-order valence-electron chi connectivity index (χ1n) is 5.29. The molecule has 1 aromatic carbocycles. The maximum Gasteiger partial charge on any atom is 0.250 e. The fraction of sp³-hybridized carbons (Fsp3) is 0.231. The molecular weight excluding hydrogens is 202 g/mol. The summed E-state index contributed by atoms with van der Waals surface area (Å²) in [7, 11) is 0. The number of benzene rings is 1. The van der Waals surface area contributed by atoms with E-state index in [4.69, 9.17) is 0 Å². The predicted molar refractivity (Wildman–Crippen MR) is 60.7 cm³/mol. The Kier molecular flexibility index (Phi) is 2.60. The molecule has 2 rings (SSSR count). The van der Waals surface area contributed by atoms with Crippen LogP contribution < -0.4 is 5.32 Å². The van der Waals surface area contributed by atoms with E-state index in [1.807, 2.05) is 37.3 Å². The molecule has 3 heteroatoms. The lowest BCUT2D eigenvalue weighted by atomic mass is 9.75. The highest BCUT2D eigenvalue weighted by atomic mass is 16.2. The fourth-order valence-corrected chi connectivity index (χ4v) is 2.00. The molecule has 82 valence electrons. The van der Waals surface area contributed by atoms with Gasteiger partial charge in [-0.2, -0.15) is 0 Å². The Balaban J connectivity index is 2.52. The van der Waals surface area contributed by atoms with Crippen molar-refractivity contribution in [1.29, 1.82) is 0 Å². The summed E-state index contributed by atoms with van der Waals surface area (Å²) in [6, 6.07) is 9.50. The Morgan fingerprint density at radius 3 is 2.44 bits per heavy atom. The molecule has 1 atom stereocenters. The molecule has 0 spiro atoms. The Labute approximate surface area is 94.2 Å². The molecular formula is C13H13NO2. The van der Waals surface area contributed by atoms with E-state index in [0.717, 1.165) is 5.56 Å². The number of carbonyl (C=O) groups excluding carboxylic acids is 2. The van der Waals surface area contributed by atoms with Gasteiger partial charge in [-0.05, 0) is 12.0 Å². The minimum atomic E-state index is -0.699. The molecule has 0 radical (unpaired) electrons. The molecule has 16 heavy (non-hydrogen) atoms. The Bertz CT molecular complexity index is 450. The van der Waals surface area contributed by atoms with Crippen molar-refractivity contribution in [2.45, 2.75) is 18.8 Å². The van der Waals surface area contributed by atoms with E-state index in [0.29, 0.717) is 6.42 Å². The van der Waals surface area contributed by atoms with Crippen LogP contribution in [0.1, 0.15) is 18.9 Å². The van der Waals surface area contributed by atoms with Gasteiger partial charge in [-0.15, -0.1) is 0 Å². The van der Waals surface area contributed by atoms with Crippen LogP contribution in [0.4, 0.5) is 0 Å². The summed E-state index contributed by atoms with van der Waals surface area (Å²) in [5, 5.41) is 2.35. The number of carbonyl (C=O) groups is 2. The zero-order chi connectivity index (χ0) is 11.6. The van der Waals surface area contributed by atoms with Gasteiger partial charge in [-0.25, -0.2) is 0 Å². The first-order chi connectivity index (χ1) is 7.69. The minimum absolute atomic E-state index is 0.242. The molecule has 1 aliphatic rings. The summed E-state index contributed by atoms with van der Waals surface area (Å²) in [6.07, 6.45) is 3.76. The van der Waals surface area contributed by atoms with E-state index in [-0.39, 0.29) is 11.8 Å². The minimum Gasteiger partial charge on any atom is -0.292 e. The maximum absolute atomic E-state index is 12.0. The summed E-state index contributed by atoms with van der Waals surface area (Å²) in [5.74, 6) is -0.585. The number of rotatable bonds is 2. The standard InChI is InChI=1S/C13H13NO2/c1-2-13(10-6-4-3-5-7-10)9-8-11(15)14-12(13)16/h3-9H,2H2,1H3,(H,14,15,16). The third-order valence-corrected chi connectivity index (χ3v) is 3.01. The third kappa shape index (κ3) is 1.54. The van der Waals surface area contributed by atoms with Gasteiger partial charge < -0.3 is 0 Å². The predicted octanol–water partition coefficient (Wildman–Crippen LogP) is 1.55. The van der Waals surface area contributed by atoms with Crippen molar-refractivity contribution in [1.82, 2.24) is 5.32 Å². The number of hydrogen-bond donors (Lipinski definition) is 1. The van der Waals surface area contributed by atoms with Crippen LogP contribution in [-0.2, 0) is 15.0 Å². The second kappa shape index (κ2) is 3.93. The smallest absolute Gasteiger partial charge is 0.250 e. The number of imide groups is 1. The van der Waals surface area contributed by atoms with Crippen LogP contribution in [0.2, 0.25) is 0 Å². The third-order valence-electron chi connectivity index (χ3n) is 3.01. The molecule has 1 aliphatic heterocycles. The zero-order valence-electron chi connectivity index (χ0n) is 9.07. The Morgan fingerprint density at radius 1 is 1.19 bits per heavy atom. The highest BCUT2D eigenvalue weighted by Crippen LogP contribution is 2.31. The van der Waals surface area contributed by atoms with E-state index >= 15 is 0 Å². The van der Waals surface area contributed by atoms with Crippen molar-refractivity contribution < 1.29 is 9.59 Å². The fourth-order valence-electron chi connectivity index (χ4n) is 2.00. The maximum atomic E-state index is 12.0. The van der Waals surface area contributed by atoms with Crippen molar-refractivity contribution >= 4 is 11.8 Å². The average molecular weight is 215 g/mol. The second-order valence-electron chi connectivity index (χ2n) is 3.84. The van der Waals surface area contributed by atoms with Crippen LogP contribution >= 0.6 is 0 Å². The van der Waals surface area contributed by atoms with Gasteiger partial charge in [-0.1, -0.05) is 43.3 Å². The number of hydrogen-bond acceptors (Lipinski definition) is 2. The molecule has 1 aromatic rings. The SMILES string of the molecule is CCC1(c2ccccc2)C=CC(=O)NC1=O. The van der Waals surface area contributed by atoms with Crippen LogP contribution in [0.5, 0.6) is 0 Å². The lowest BCUT2D eigenvalue weighted by molar-refractivity contribution is -0.132. The summed E-state index contributed by atoms with van der Waals surface area (Å²) in [5.41, 5.74) is 0.216. The molecule has 0 aliphatic carbocycles. The van der Waals surface area contributed by atoms with Gasteiger partial charge in [0.05, 0.1) is 5.41 Å². The molecule has 0 saturated heterocycles. The summed E-state index contributed by atoms with van der Waals surface area (Å²) in [4.78, 5) is 23.1. The molecule has 1 heterocycles. The first kappa shape index (κ1) is 10.6. The van der Waals surface area contributed by atoms with Gasteiger partial charge in [-0.3, -0.25) is 14.9 Å². The van der Waals surface area contributed by atoms with Gasteiger partial charge in [0, 0.05) is 6.08 Å². The monoisotopic (exact) mass is 215 g/mol. The molecule has 0 aromatic heterocycles. The second-order valence-corrected chi connectivity index (χ2v) is 3.84. The summed E-state index contributed by atoms with van der Waals surface area (Å²) in [6.45, 7) is 1.94. The van der Waals surface area contributed by atoms with Crippen LogP contribution in [-0.4, -0.2) is 11.8 Å². The van der Waals surface area contributed by atoms with Gasteiger partial charge in [0.25, 0.3) is 0 Å². The van der Waals surface area contributed by atoms with Crippen LogP contribution in [0, 0.1) is 0 Å². The normalized spacial score (nSPS) is 24.3.